The molecule has 0 unspecified atom stereocenters. The highest BCUT2D eigenvalue weighted by Crippen LogP contribution is 2.41. The van der Waals surface area contributed by atoms with Crippen LogP contribution in [-0.4, -0.2) is 78.3 Å². The Bertz CT molecular complexity index is 2220. The Kier molecular flexibility index (Phi) is 14.1. The molecule has 4 aromatic rings. The number of amides is 4. The van der Waals surface area contributed by atoms with Gasteiger partial charge in [0.1, 0.15) is 48.4 Å². The number of hydrogen-bond donors (Lipinski definition) is 0. The molecule has 2 aromatic heterocycles. The van der Waals surface area contributed by atoms with E-state index >= 15 is 0 Å². The molecule has 4 amide bonds. The quantitative estimate of drug-likeness (QED) is 0.132. The van der Waals surface area contributed by atoms with E-state index in [0.29, 0.717) is 48.0 Å². The topological polar surface area (TPSA) is 207 Å². The van der Waals surface area contributed by atoms with Crippen molar-refractivity contribution in [2.75, 3.05) is 23.0 Å². The van der Waals surface area contributed by atoms with Gasteiger partial charge in [0.2, 0.25) is 0 Å². The number of aromatic nitrogens is 6. The Morgan fingerprint density at radius 2 is 0.934 bits per heavy atom. The third-order valence-corrected chi connectivity index (χ3v) is 10.2. The number of rotatable bonds is 12. The van der Waals surface area contributed by atoms with Crippen LogP contribution in [-0.2, 0) is 51.7 Å². The van der Waals surface area contributed by atoms with Crippen LogP contribution in [0.4, 0.5) is 20.2 Å². The van der Waals surface area contributed by atoms with Gasteiger partial charge in [-0.15, -0.1) is 12.4 Å². The molecule has 2 aliphatic carbocycles. The summed E-state index contributed by atoms with van der Waals surface area (Å²) in [4.78, 5) is 83.5. The summed E-state index contributed by atoms with van der Waals surface area (Å²) in [6.45, 7) is -1.34. The van der Waals surface area contributed by atoms with Crippen molar-refractivity contribution >= 4 is 82.6 Å². The lowest BCUT2D eigenvalue weighted by Gasteiger charge is -2.18. The molecule has 23 heteroatoms. The number of nitrogens with zero attached hydrogens (tertiary/aromatic N) is 8. The first-order chi connectivity index (χ1) is 28.9. The van der Waals surface area contributed by atoms with Gasteiger partial charge in [-0.3, -0.25) is 19.2 Å². The van der Waals surface area contributed by atoms with Gasteiger partial charge in [-0.2, -0.15) is 10.2 Å². The molecule has 2 aromatic carbocycles. The first kappa shape index (κ1) is 44.3. The molecule has 0 N–H and O–H groups in total. The zero-order valence-corrected chi connectivity index (χ0v) is 34.0. The lowest BCUT2D eigenvalue weighted by Crippen LogP contribution is -2.32. The maximum Gasteiger partial charge on any atom is 0.345 e. The molecular weight excluding hydrogens is 873 g/mol. The van der Waals surface area contributed by atoms with E-state index in [2.05, 4.69) is 20.2 Å². The van der Waals surface area contributed by atoms with Gasteiger partial charge < -0.3 is 18.9 Å². The number of esters is 2. The van der Waals surface area contributed by atoms with Crippen LogP contribution in [0.1, 0.15) is 51.4 Å². The standard InChI is InChI=1S/2C19H16ClFN4O5.ClH/c2*20-13-5-14(21)15(25-18(27)11-3-1-2-4-12(11)19(25)28)6-16(13)29-7-17(26)30-10-24-9-22-8-23-24;/h2*5-6,8-9H,1-4,7,10H2;1H. The number of anilines is 2. The van der Waals surface area contributed by atoms with E-state index in [9.17, 15) is 37.5 Å². The molecule has 320 valence electrons. The SMILES string of the molecule is Cl.O=C(COc1cc(N2C(=O)C3=C(CCCC3)C2=O)c(F)cc1Cl)OCn1cncn1.O=C(COc1cc(N2C(=O)C3=C(CCCC3)C2=O)c(F)cc1Cl)OCn1cncn1. The first-order valence-corrected chi connectivity index (χ1v) is 19.1. The molecule has 18 nitrogen and oxygen atoms in total. The Hall–Kier alpha value is -6.25. The molecule has 0 atom stereocenters. The second-order valence-electron chi connectivity index (χ2n) is 13.4. The van der Waals surface area contributed by atoms with Crippen molar-refractivity contribution in [3.63, 3.8) is 0 Å². The monoisotopic (exact) mass is 904 g/mol. The van der Waals surface area contributed by atoms with Crippen LogP contribution in [0, 0.1) is 11.6 Å². The molecule has 0 radical (unpaired) electrons. The largest absolute Gasteiger partial charge is 0.480 e. The third-order valence-electron chi connectivity index (χ3n) is 9.60. The molecule has 0 fully saturated rings. The lowest BCUT2D eigenvalue weighted by atomic mass is 9.93. The summed E-state index contributed by atoms with van der Waals surface area (Å²) in [5.41, 5.74) is 1.18. The van der Waals surface area contributed by atoms with E-state index < -0.39 is 60.4 Å². The summed E-state index contributed by atoms with van der Waals surface area (Å²) in [5, 5.41) is 7.34. The number of halogens is 5. The Morgan fingerprint density at radius 1 is 0.590 bits per heavy atom. The summed E-state index contributed by atoms with van der Waals surface area (Å²) < 4.78 is 52.3. The van der Waals surface area contributed by atoms with Gasteiger partial charge in [0.05, 0.1) is 21.4 Å². The number of benzene rings is 2. The fourth-order valence-electron chi connectivity index (χ4n) is 6.75. The second-order valence-corrected chi connectivity index (χ2v) is 14.2. The number of hydrogen-bond acceptors (Lipinski definition) is 14. The van der Waals surface area contributed by atoms with Crippen LogP contribution in [0.3, 0.4) is 0 Å². The van der Waals surface area contributed by atoms with Crippen molar-refractivity contribution in [1.82, 2.24) is 29.5 Å². The second kappa shape index (κ2) is 19.4. The van der Waals surface area contributed by atoms with Crippen molar-refractivity contribution in [1.29, 1.82) is 0 Å². The van der Waals surface area contributed by atoms with Crippen molar-refractivity contribution in [2.45, 2.75) is 64.8 Å². The van der Waals surface area contributed by atoms with Crippen LogP contribution in [0.2, 0.25) is 10.0 Å². The molecule has 0 bridgehead atoms. The predicted molar refractivity (Wildman–Crippen MR) is 209 cm³/mol. The highest BCUT2D eigenvalue weighted by Gasteiger charge is 2.42. The minimum atomic E-state index is -0.845. The van der Waals surface area contributed by atoms with Crippen molar-refractivity contribution in [2.24, 2.45) is 0 Å². The fraction of sp³-hybridized carbons (Fsp3) is 0.316. The van der Waals surface area contributed by atoms with Gasteiger partial charge in [-0.1, -0.05) is 23.2 Å². The van der Waals surface area contributed by atoms with E-state index in [4.69, 9.17) is 42.1 Å². The summed E-state index contributed by atoms with van der Waals surface area (Å²) in [7, 11) is 0. The molecule has 0 saturated carbocycles. The molecule has 0 spiro atoms. The van der Waals surface area contributed by atoms with E-state index in [1.165, 1.54) is 34.7 Å². The zero-order valence-electron chi connectivity index (χ0n) is 31.7. The van der Waals surface area contributed by atoms with Crippen LogP contribution in [0.25, 0.3) is 0 Å². The van der Waals surface area contributed by atoms with Gasteiger partial charge in [-0.05, 0) is 63.5 Å². The molecule has 4 heterocycles. The summed E-state index contributed by atoms with van der Waals surface area (Å²) >= 11 is 12.0. The van der Waals surface area contributed by atoms with Crippen molar-refractivity contribution in [3.8, 4) is 11.5 Å². The van der Waals surface area contributed by atoms with Gasteiger partial charge in [0.15, 0.2) is 26.7 Å². The first-order valence-electron chi connectivity index (χ1n) is 18.3. The predicted octanol–water partition coefficient (Wildman–Crippen LogP) is 5.21. The minimum absolute atomic E-state index is 0. The Labute approximate surface area is 360 Å². The molecule has 0 saturated heterocycles. The summed E-state index contributed by atoms with van der Waals surface area (Å²) in [5.74, 6) is -5.39. The average Bonchev–Trinajstić information content (AvgIpc) is 4.05. The van der Waals surface area contributed by atoms with Gasteiger partial charge in [-0.25, -0.2) is 47.5 Å². The fourth-order valence-corrected chi connectivity index (χ4v) is 7.16. The molecule has 2 aliphatic heterocycles. The lowest BCUT2D eigenvalue weighted by molar-refractivity contribution is -0.151. The zero-order chi connectivity index (χ0) is 42.5. The maximum absolute atomic E-state index is 14.6. The molecule has 4 aliphatic rings. The number of ether oxygens (including phenoxy) is 4. The Balaban J connectivity index is 0.000000201. The van der Waals surface area contributed by atoms with E-state index in [1.807, 2.05) is 0 Å². The maximum atomic E-state index is 14.6. The van der Waals surface area contributed by atoms with E-state index in [0.717, 1.165) is 59.7 Å². The van der Waals surface area contributed by atoms with Crippen LogP contribution < -0.4 is 19.3 Å². The normalized spacial score (nSPS) is 15.9. The highest BCUT2D eigenvalue weighted by atomic mass is 35.5. The number of imide groups is 2. The van der Waals surface area contributed by atoms with Gasteiger partial charge in [0.25, 0.3) is 23.6 Å². The van der Waals surface area contributed by atoms with Gasteiger partial charge >= 0.3 is 11.9 Å². The smallest absolute Gasteiger partial charge is 0.345 e. The minimum Gasteiger partial charge on any atom is -0.480 e. The molecular formula is C38H33Cl3F2N8O10. The van der Waals surface area contributed by atoms with Gasteiger partial charge in [0, 0.05) is 34.4 Å². The van der Waals surface area contributed by atoms with Crippen LogP contribution in [0.15, 0.2) is 71.9 Å². The summed E-state index contributed by atoms with van der Waals surface area (Å²) in [6, 6.07) is 4.14. The van der Waals surface area contributed by atoms with E-state index in [1.54, 1.807) is 0 Å². The highest BCUT2D eigenvalue weighted by molar-refractivity contribution is 6.35. The van der Waals surface area contributed by atoms with Crippen molar-refractivity contribution < 1.29 is 56.5 Å². The Morgan fingerprint density at radius 3 is 1.25 bits per heavy atom. The number of carbonyl (C=O) groups excluding carboxylic acids is 6. The molecule has 61 heavy (non-hydrogen) atoms. The average molecular weight is 906 g/mol. The third kappa shape index (κ3) is 9.71. The molecule has 8 rings (SSSR count). The van der Waals surface area contributed by atoms with Crippen LogP contribution in [0.5, 0.6) is 11.5 Å². The van der Waals surface area contributed by atoms with Crippen molar-refractivity contribution in [3.05, 3.63) is 93.5 Å². The van der Waals surface area contributed by atoms with E-state index in [-0.39, 0.29) is 58.8 Å². The van der Waals surface area contributed by atoms with Crippen LogP contribution >= 0.6 is 35.6 Å². The number of carbonyl (C=O) groups is 6. The summed E-state index contributed by atoms with van der Waals surface area (Å²) in [6.07, 6.45) is 10.5.